The third kappa shape index (κ3) is 3.97. The highest BCUT2D eigenvalue weighted by molar-refractivity contribution is 7.98. The summed E-state index contributed by atoms with van der Waals surface area (Å²) in [6.07, 6.45) is 0. The highest BCUT2D eigenvalue weighted by Gasteiger charge is 2.06. The standard InChI is InChI=1S/C19H15N3S/c1-14-10-18(17-8-3-2-4-9-17)22-19(21-14)23-13-16-7-5-6-15(11-16)12-20/h2-11H,13H2,1H3. The molecule has 0 aliphatic heterocycles. The molecule has 3 rings (SSSR count). The number of hydrogen-bond donors (Lipinski definition) is 0. The summed E-state index contributed by atoms with van der Waals surface area (Å²) >= 11 is 1.58. The fourth-order valence-corrected chi connectivity index (χ4v) is 3.09. The van der Waals surface area contributed by atoms with E-state index in [9.17, 15) is 0 Å². The molecule has 0 radical (unpaired) electrons. The summed E-state index contributed by atoms with van der Waals surface area (Å²) in [5.41, 5.74) is 4.75. The van der Waals surface area contributed by atoms with Crippen LogP contribution in [0.1, 0.15) is 16.8 Å². The van der Waals surface area contributed by atoms with Crippen LogP contribution in [0.4, 0.5) is 0 Å². The van der Waals surface area contributed by atoms with Crippen molar-refractivity contribution in [3.8, 4) is 17.3 Å². The summed E-state index contributed by atoms with van der Waals surface area (Å²) < 4.78 is 0. The fourth-order valence-electron chi connectivity index (χ4n) is 2.24. The van der Waals surface area contributed by atoms with Crippen molar-refractivity contribution in [1.82, 2.24) is 9.97 Å². The van der Waals surface area contributed by atoms with Gasteiger partial charge in [0.15, 0.2) is 5.16 Å². The molecule has 0 aliphatic carbocycles. The number of thioether (sulfide) groups is 1. The molecule has 3 aromatic rings. The molecule has 0 atom stereocenters. The SMILES string of the molecule is Cc1cc(-c2ccccc2)nc(SCc2cccc(C#N)c2)n1. The van der Waals surface area contributed by atoms with Crippen molar-refractivity contribution >= 4 is 11.8 Å². The van der Waals surface area contributed by atoms with E-state index >= 15 is 0 Å². The van der Waals surface area contributed by atoms with Crippen LogP contribution in [0.25, 0.3) is 11.3 Å². The zero-order chi connectivity index (χ0) is 16.1. The lowest BCUT2D eigenvalue weighted by Crippen LogP contribution is -1.94. The van der Waals surface area contributed by atoms with E-state index < -0.39 is 0 Å². The molecule has 0 saturated carbocycles. The first-order valence-corrected chi connectivity index (χ1v) is 8.26. The number of aryl methyl sites for hydroxylation is 1. The summed E-state index contributed by atoms with van der Waals surface area (Å²) in [6, 6.07) is 21.9. The Kier molecular flexibility index (Phi) is 4.70. The van der Waals surface area contributed by atoms with E-state index in [0.29, 0.717) is 5.56 Å². The second-order valence-electron chi connectivity index (χ2n) is 5.14. The average molecular weight is 317 g/mol. The molecular formula is C19H15N3S. The van der Waals surface area contributed by atoms with Crippen molar-refractivity contribution < 1.29 is 0 Å². The molecule has 23 heavy (non-hydrogen) atoms. The minimum atomic E-state index is 0.679. The molecule has 0 amide bonds. The van der Waals surface area contributed by atoms with Gasteiger partial charge in [0, 0.05) is 17.0 Å². The van der Waals surface area contributed by atoms with Crippen LogP contribution in [-0.2, 0) is 5.75 Å². The summed E-state index contributed by atoms with van der Waals surface area (Å²) in [5, 5.41) is 9.72. The van der Waals surface area contributed by atoms with Gasteiger partial charge < -0.3 is 0 Å². The van der Waals surface area contributed by atoms with E-state index in [2.05, 4.69) is 16.0 Å². The third-order valence-corrected chi connectivity index (χ3v) is 4.25. The monoisotopic (exact) mass is 317 g/mol. The highest BCUT2D eigenvalue weighted by Crippen LogP contribution is 2.24. The van der Waals surface area contributed by atoms with Crippen LogP contribution in [0.3, 0.4) is 0 Å². The van der Waals surface area contributed by atoms with E-state index in [1.165, 1.54) is 0 Å². The Balaban J connectivity index is 1.81. The predicted molar refractivity (Wildman–Crippen MR) is 92.9 cm³/mol. The zero-order valence-electron chi connectivity index (χ0n) is 12.7. The van der Waals surface area contributed by atoms with Gasteiger partial charge in [0.05, 0.1) is 17.3 Å². The van der Waals surface area contributed by atoms with Crippen LogP contribution in [-0.4, -0.2) is 9.97 Å². The fraction of sp³-hybridized carbons (Fsp3) is 0.105. The maximum absolute atomic E-state index is 8.96. The highest BCUT2D eigenvalue weighted by atomic mass is 32.2. The Labute approximate surface area is 140 Å². The maximum atomic E-state index is 8.96. The van der Waals surface area contributed by atoms with Gasteiger partial charge in [0.1, 0.15) is 0 Å². The number of hydrogen-bond acceptors (Lipinski definition) is 4. The lowest BCUT2D eigenvalue weighted by Gasteiger charge is -2.06. The topological polar surface area (TPSA) is 49.6 Å². The molecule has 0 N–H and O–H groups in total. The molecular weight excluding hydrogens is 302 g/mol. The number of benzene rings is 2. The lowest BCUT2D eigenvalue weighted by molar-refractivity contribution is 0.937. The first-order chi connectivity index (χ1) is 11.2. The molecule has 1 aromatic heterocycles. The predicted octanol–water partition coefficient (Wildman–Crippen LogP) is 4.62. The van der Waals surface area contributed by atoms with E-state index in [1.54, 1.807) is 11.8 Å². The molecule has 0 saturated heterocycles. The van der Waals surface area contributed by atoms with Gasteiger partial charge in [0.25, 0.3) is 0 Å². The van der Waals surface area contributed by atoms with Gasteiger partial charge in [-0.15, -0.1) is 0 Å². The van der Waals surface area contributed by atoms with Crippen molar-refractivity contribution in [2.45, 2.75) is 17.8 Å². The first-order valence-electron chi connectivity index (χ1n) is 7.27. The minimum absolute atomic E-state index is 0.679. The zero-order valence-corrected chi connectivity index (χ0v) is 13.5. The lowest BCUT2D eigenvalue weighted by atomic mass is 10.1. The van der Waals surface area contributed by atoms with Gasteiger partial charge in [-0.25, -0.2) is 9.97 Å². The van der Waals surface area contributed by atoms with Crippen LogP contribution in [0.2, 0.25) is 0 Å². The van der Waals surface area contributed by atoms with E-state index in [4.69, 9.17) is 5.26 Å². The van der Waals surface area contributed by atoms with Gasteiger partial charge in [0.2, 0.25) is 0 Å². The van der Waals surface area contributed by atoms with Crippen LogP contribution < -0.4 is 0 Å². The molecule has 4 heteroatoms. The maximum Gasteiger partial charge on any atom is 0.188 e. The van der Waals surface area contributed by atoms with Crippen LogP contribution >= 0.6 is 11.8 Å². The van der Waals surface area contributed by atoms with Crippen molar-refractivity contribution in [3.63, 3.8) is 0 Å². The second kappa shape index (κ2) is 7.08. The number of aromatic nitrogens is 2. The number of nitriles is 1. The summed E-state index contributed by atoms with van der Waals surface area (Å²) in [7, 11) is 0. The molecule has 0 bridgehead atoms. The first kappa shape index (κ1) is 15.3. The van der Waals surface area contributed by atoms with Gasteiger partial charge in [-0.05, 0) is 30.7 Å². The Hall–Kier alpha value is -2.64. The summed E-state index contributed by atoms with van der Waals surface area (Å²) in [6.45, 7) is 1.98. The number of nitrogens with zero attached hydrogens (tertiary/aromatic N) is 3. The molecule has 0 aliphatic rings. The van der Waals surface area contributed by atoms with Gasteiger partial charge in [-0.2, -0.15) is 5.26 Å². The minimum Gasteiger partial charge on any atom is -0.228 e. The molecule has 0 spiro atoms. The summed E-state index contributed by atoms with van der Waals surface area (Å²) in [4.78, 5) is 9.15. The summed E-state index contributed by atoms with van der Waals surface area (Å²) in [5.74, 6) is 0.743. The Morgan fingerprint density at radius 3 is 2.61 bits per heavy atom. The van der Waals surface area contributed by atoms with Crippen LogP contribution in [0.5, 0.6) is 0 Å². The van der Waals surface area contributed by atoms with E-state index in [1.807, 2.05) is 67.6 Å². The second-order valence-corrected chi connectivity index (χ2v) is 6.09. The molecule has 0 fully saturated rings. The Bertz CT molecular complexity index is 854. The molecule has 112 valence electrons. The Morgan fingerprint density at radius 1 is 1.00 bits per heavy atom. The van der Waals surface area contributed by atoms with Crippen LogP contribution in [0, 0.1) is 18.3 Å². The Morgan fingerprint density at radius 2 is 1.83 bits per heavy atom. The molecule has 2 aromatic carbocycles. The van der Waals surface area contributed by atoms with Gasteiger partial charge >= 0.3 is 0 Å². The molecule has 3 nitrogen and oxygen atoms in total. The van der Waals surface area contributed by atoms with Crippen molar-refractivity contribution in [2.24, 2.45) is 0 Å². The van der Waals surface area contributed by atoms with E-state index in [0.717, 1.165) is 33.4 Å². The van der Waals surface area contributed by atoms with Crippen molar-refractivity contribution in [3.05, 3.63) is 77.5 Å². The van der Waals surface area contributed by atoms with Crippen LogP contribution in [0.15, 0.2) is 65.8 Å². The quantitative estimate of drug-likeness (QED) is 0.520. The van der Waals surface area contributed by atoms with Crippen molar-refractivity contribution in [2.75, 3.05) is 0 Å². The largest absolute Gasteiger partial charge is 0.228 e. The normalized spacial score (nSPS) is 10.3. The smallest absolute Gasteiger partial charge is 0.188 e. The van der Waals surface area contributed by atoms with Gasteiger partial charge in [-0.3, -0.25) is 0 Å². The molecule has 1 heterocycles. The average Bonchev–Trinajstić information content (AvgIpc) is 2.60. The third-order valence-electron chi connectivity index (χ3n) is 3.33. The van der Waals surface area contributed by atoms with Crippen molar-refractivity contribution in [1.29, 1.82) is 5.26 Å². The molecule has 0 unspecified atom stereocenters. The number of rotatable bonds is 4. The van der Waals surface area contributed by atoms with Gasteiger partial charge in [-0.1, -0.05) is 54.2 Å². The van der Waals surface area contributed by atoms with E-state index in [-0.39, 0.29) is 0 Å².